The summed E-state index contributed by atoms with van der Waals surface area (Å²) in [5.74, 6) is 0.140. The first-order chi connectivity index (χ1) is 6.00. The second-order valence-corrected chi connectivity index (χ2v) is 5.20. The van der Waals surface area contributed by atoms with Gasteiger partial charge in [0, 0.05) is 3.57 Å². The summed E-state index contributed by atoms with van der Waals surface area (Å²) >= 11 is 5.62. The number of carbonyl (C=O) groups excluding carboxylic acids is 1. The zero-order chi connectivity index (χ0) is 10.0. The van der Waals surface area contributed by atoms with E-state index >= 15 is 0 Å². The Morgan fingerprint density at radius 1 is 1.46 bits per heavy atom. The molecule has 0 spiro atoms. The molecule has 0 N–H and O–H groups in total. The molecule has 1 unspecified atom stereocenters. The van der Waals surface area contributed by atoms with Gasteiger partial charge in [0.25, 0.3) is 0 Å². The number of Topliss-reactive ketones (excluding diaryl/α,β-unsaturated/α-hetero) is 1. The zero-order valence-corrected chi connectivity index (χ0v) is 11.2. The highest BCUT2D eigenvalue weighted by atomic mass is 127. The van der Waals surface area contributed by atoms with Crippen LogP contribution in [0.25, 0.3) is 0 Å². The van der Waals surface area contributed by atoms with Crippen molar-refractivity contribution in [2.75, 3.05) is 0 Å². The Hall–Kier alpha value is 0.100. The number of hydrogen-bond donors (Lipinski definition) is 0. The number of halogens is 2. The van der Waals surface area contributed by atoms with Crippen LogP contribution in [-0.4, -0.2) is 5.78 Å². The molecule has 0 aromatic heterocycles. The molecule has 1 rings (SSSR count). The second kappa shape index (κ2) is 4.55. The topological polar surface area (TPSA) is 17.1 Å². The van der Waals surface area contributed by atoms with E-state index in [4.69, 9.17) is 0 Å². The maximum atomic E-state index is 11.1. The van der Waals surface area contributed by atoms with E-state index in [0.29, 0.717) is 0 Å². The zero-order valence-electron chi connectivity index (χ0n) is 7.47. The van der Waals surface area contributed by atoms with E-state index in [1.165, 1.54) is 9.13 Å². The molecule has 0 fully saturated rings. The largest absolute Gasteiger partial charge is 0.298 e. The lowest BCUT2D eigenvalue weighted by molar-refractivity contribution is -0.116. The van der Waals surface area contributed by atoms with Crippen LogP contribution in [0.4, 0.5) is 0 Å². The fourth-order valence-corrected chi connectivity index (χ4v) is 2.26. The SMILES string of the molecule is CC(=O)C(Br)c1cc(C)cc(I)c1. The van der Waals surface area contributed by atoms with Gasteiger partial charge < -0.3 is 0 Å². The summed E-state index contributed by atoms with van der Waals surface area (Å²) in [7, 11) is 0. The minimum absolute atomic E-state index is 0.140. The first kappa shape index (κ1) is 11.2. The van der Waals surface area contributed by atoms with Crippen LogP contribution in [0.2, 0.25) is 0 Å². The smallest absolute Gasteiger partial charge is 0.147 e. The molecule has 70 valence electrons. The van der Waals surface area contributed by atoms with Crippen LogP contribution in [0.1, 0.15) is 22.9 Å². The van der Waals surface area contributed by atoms with Crippen LogP contribution in [0.15, 0.2) is 18.2 Å². The summed E-state index contributed by atoms with van der Waals surface area (Å²) < 4.78 is 1.17. The van der Waals surface area contributed by atoms with Crippen LogP contribution in [-0.2, 0) is 4.79 Å². The highest BCUT2D eigenvalue weighted by Crippen LogP contribution is 2.26. The van der Waals surface area contributed by atoms with Crippen molar-refractivity contribution in [1.82, 2.24) is 0 Å². The Morgan fingerprint density at radius 2 is 2.08 bits per heavy atom. The maximum Gasteiger partial charge on any atom is 0.147 e. The Balaban J connectivity index is 3.07. The third-order valence-electron chi connectivity index (χ3n) is 1.71. The highest BCUT2D eigenvalue weighted by molar-refractivity contribution is 14.1. The van der Waals surface area contributed by atoms with Crippen molar-refractivity contribution < 1.29 is 4.79 Å². The summed E-state index contributed by atoms with van der Waals surface area (Å²) in [6, 6.07) is 6.14. The molecule has 1 aromatic carbocycles. The van der Waals surface area contributed by atoms with E-state index in [1.54, 1.807) is 6.92 Å². The summed E-state index contributed by atoms with van der Waals surface area (Å²) in [6.45, 7) is 3.63. The third kappa shape index (κ3) is 3.06. The van der Waals surface area contributed by atoms with Crippen molar-refractivity contribution in [2.24, 2.45) is 0 Å². The Bertz CT molecular complexity index is 315. The molecule has 0 aliphatic heterocycles. The molecule has 0 aliphatic carbocycles. The number of rotatable bonds is 2. The molecule has 0 radical (unpaired) electrons. The lowest BCUT2D eigenvalue weighted by atomic mass is 10.1. The predicted octanol–water partition coefficient (Wildman–Crippen LogP) is 3.62. The number of ketones is 1. The Kier molecular flexibility index (Phi) is 3.91. The molecule has 1 aromatic rings. The van der Waals surface area contributed by atoms with Crippen molar-refractivity contribution in [2.45, 2.75) is 18.7 Å². The number of benzene rings is 1. The van der Waals surface area contributed by atoms with Crippen LogP contribution in [0.3, 0.4) is 0 Å². The summed E-state index contributed by atoms with van der Waals surface area (Å²) in [6.07, 6.45) is 0. The molecular formula is C10H10BrIO. The van der Waals surface area contributed by atoms with Gasteiger partial charge in [0.05, 0.1) is 4.83 Å². The normalized spacial score (nSPS) is 12.6. The van der Waals surface area contributed by atoms with Gasteiger partial charge in [-0.25, -0.2) is 0 Å². The second-order valence-electron chi connectivity index (χ2n) is 3.04. The van der Waals surface area contributed by atoms with E-state index in [2.05, 4.69) is 44.6 Å². The Labute approximate surface area is 100 Å². The fourth-order valence-electron chi connectivity index (χ4n) is 1.15. The molecule has 1 atom stereocenters. The van der Waals surface area contributed by atoms with Gasteiger partial charge in [0.2, 0.25) is 0 Å². The third-order valence-corrected chi connectivity index (χ3v) is 3.51. The quantitative estimate of drug-likeness (QED) is 0.586. The first-order valence-electron chi connectivity index (χ1n) is 3.92. The fraction of sp³-hybridized carbons (Fsp3) is 0.300. The van der Waals surface area contributed by atoms with Gasteiger partial charge in [-0.05, 0) is 59.7 Å². The Morgan fingerprint density at radius 3 is 2.54 bits per heavy atom. The number of hydrogen-bond acceptors (Lipinski definition) is 1. The summed E-state index contributed by atoms with van der Waals surface area (Å²) in [5, 5.41) is 0. The van der Waals surface area contributed by atoms with Gasteiger partial charge in [0.15, 0.2) is 0 Å². The van der Waals surface area contributed by atoms with E-state index in [9.17, 15) is 4.79 Å². The average molecular weight is 353 g/mol. The van der Waals surface area contributed by atoms with Crippen LogP contribution >= 0.6 is 38.5 Å². The number of carbonyl (C=O) groups is 1. The molecule has 0 amide bonds. The van der Waals surface area contributed by atoms with Crippen LogP contribution in [0.5, 0.6) is 0 Å². The van der Waals surface area contributed by atoms with Gasteiger partial charge in [-0.2, -0.15) is 0 Å². The lowest BCUT2D eigenvalue weighted by Crippen LogP contribution is -2.01. The maximum absolute atomic E-state index is 11.1. The predicted molar refractivity (Wildman–Crippen MR) is 66.2 cm³/mol. The van der Waals surface area contributed by atoms with Gasteiger partial charge >= 0.3 is 0 Å². The molecule has 1 nitrogen and oxygen atoms in total. The molecule has 0 saturated carbocycles. The van der Waals surface area contributed by atoms with Gasteiger partial charge in [-0.3, -0.25) is 4.79 Å². The molecule has 0 heterocycles. The van der Waals surface area contributed by atoms with Crippen LogP contribution < -0.4 is 0 Å². The lowest BCUT2D eigenvalue weighted by Gasteiger charge is -2.07. The van der Waals surface area contributed by atoms with Crippen molar-refractivity contribution in [3.63, 3.8) is 0 Å². The first-order valence-corrected chi connectivity index (χ1v) is 5.92. The van der Waals surface area contributed by atoms with Crippen LogP contribution in [0, 0.1) is 10.5 Å². The molecule has 0 saturated heterocycles. The van der Waals surface area contributed by atoms with Gasteiger partial charge in [-0.15, -0.1) is 0 Å². The van der Waals surface area contributed by atoms with Crippen molar-refractivity contribution >= 4 is 44.3 Å². The molecule has 3 heteroatoms. The minimum atomic E-state index is -0.166. The summed E-state index contributed by atoms with van der Waals surface area (Å²) in [4.78, 5) is 11.0. The minimum Gasteiger partial charge on any atom is -0.298 e. The summed E-state index contributed by atoms with van der Waals surface area (Å²) in [5.41, 5.74) is 2.23. The number of aryl methyl sites for hydroxylation is 1. The van der Waals surface area contributed by atoms with E-state index in [-0.39, 0.29) is 10.6 Å². The highest BCUT2D eigenvalue weighted by Gasteiger charge is 2.12. The molecule has 0 aliphatic rings. The molecule has 13 heavy (non-hydrogen) atoms. The van der Waals surface area contributed by atoms with Crippen molar-refractivity contribution in [1.29, 1.82) is 0 Å². The van der Waals surface area contributed by atoms with Gasteiger partial charge in [-0.1, -0.05) is 22.0 Å². The van der Waals surface area contributed by atoms with Crippen molar-refractivity contribution in [3.8, 4) is 0 Å². The van der Waals surface area contributed by atoms with E-state index in [0.717, 1.165) is 5.56 Å². The van der Waals surface area contributed by atoms with Gasteiger partial charge in [0.1, 0.15) is 5.78 Å². The average Bonchev–Trinajstić information content (AvgIpc) is 2.01. The standard InChI is InChI=1S/C10H10BrIO/c1-6-3-8(5-9(12)4-6)10(11)7(2)13/h3-5,10H,1-2H3. The number of alkyl halides is 1. The molecular weight excluding hydrogens is 343 g/mol. The van der Waals surface area contributed by atoms with Crippen molar-refractivity contribution in [3.05, 3.63) is 32.9 Å². The monoisotopic (exact) mass is 352 g/mol. The van der Waals surface area contributed by atoms with E-state index in [1.807, 2.05) is 19.1 Å². The van der Waals surface area contributed by atoms with E-state index < -0.39 is 0 Å². The molecule has 0 bridgehead atoms.